The number of likely N-dealkylation sites (N-methyl/N-ethyl adjacent to an activating group) is 1. The molecule has 1 unspecified atom stereocenters. The first-order valence-electron chi connectivity index (χ1n) is 10.8. The summed E-state index contributed by atoms with van der Waals surface area (Å²) in [5, 5.41) is 9.81. The fraction of sp³-hybridized carbons (Fsp3) is 0.500. The molecule has 7 nitrogen and oxygen atoms in total. The molecule has 0 saturated carbocycles. The summed E-state index contributed by atoms with van der Waals surface area (Å²) < 4.78 is 0. The molecule has 160 valence electrons. The molecule has 0 bridgehead atoms. The van der Waals surface area contributed by atoms with Crippen molar-refractivity contribution in [2.45, 2.75) is 45.1 Å². The number of benzene rings is 1. The van der Waals surface area contributed by atoms with Gasteiger partial charge in [-0.2, -0.15) is 4.98 Å². The number of anilines is 3. The fourth-order valence-corrected chi connectivity index (χ4v) is 4.21. The van der Waals surface area contributed by atoms with Crippen molar-refractivity contribution < 1.29 is 4.79 Å². The summed E-state index contributed by atoms with van der Waals surface area (Å²) in [4.78, 5) is 23.6. The van der Waals surface area contributed by atoms with Crippen molar-refractivity contribution in [3.63, 3.8) is 0 Å². The normalized spacial score (nSPS) is 19.9. The Morgan fingerprint density at radius 2 is 2.07 bits per heavy atom. The highest BCUT2D eigenvalue weighted by molar-refractivity contribution is 6.32. The SMILES string of the molecule is CCN1CCc2ccc(Nc3ncc(Cl)c(NC4CCCCNC4=O)n3)cc2CC1. The first-order valence-corrected chi connectivity index (χ1v) is 11.2. The van der Waals surface area contributed by atoms with E-state index in [0.717, 1.165) is 64.0 Å². The fourth-order valence-electron chi connectivity index (χ4n) is 4.07. The lowest BCUT2D eigenvalue weighted by Gasteiger charge is -2.17. The number of rotatable bonds is 5. The summed E-state index contributed by atoms with van der Waals surface area (Å²) in [6.07, 6.45) is 6.42. The van der Waals surface area contributed by atoms with Gasteiger partial charge in [0, 0.05) is 25.3 Å². The predicted octanol–water partition coefficient (Wildman–Crippen LogP) is 3.37. The van der Waals surface area contributed by atoms with Crippen molar-refractivity contribution in [1.29, 1.82) is 0 Å². The summed E-state index contributed by atoms with van der Waals surface area (Å²) in [6, 6.07) is 6.13. The van der Waals surface area contributed by atoms with Gasteiger partial charge in [-0.3, -0.25) is 4.79 Å². The van der Waals surface area contributed by atoms with Crippen molar-refractivity contribution in [3.8, 4) is 0 Å². The summed E-state index contributed by atoms with van der Waals surface area (Å²) >= 11 is 6.30. The van der Waals surface area contributed by atoms with Gasteiger partial charge in [0.25, 0.3) is 0 Å². The number of hydrogen-bond donors (Lipinski definition) is 3. The van der Waals surface area contributed by atoms with Gasteiger partial charge in [-0.1, -0.05) is 24.6 Å². The van der Waals surface area contributed by atoms with Crippen molar-refractivity contribution in [2.24, 2.45) is 0 Å². The molecule has 1 atom stereocenters. The van der Waals surface area contributed by atoms with Gasteiger partial charge >= 0.3 is 0 Å². The number of carbonyl (C=O) groups is 1. The Kier molecular flexibility index (Phi) is 6.69. The molecule has 8 heteroatoms. The average molecular weight is 429 g/mol. The van der Waals surface area contributed by atoms with Gasteiger partial charge in [-0.15, -0.1) is 0 Å². The maximum atomic E-state index is 12.2. The molecule has 3 heterocycles. The van der Waals surface area contributed by atoms with Crippen LogP contribution in [0, 0.1) is 0 Å². The first kappa shape index (κ1) is 20.9. The van der Waals surface area contributed by atoms with E-state index >= 15 is 0 Å². The standard InChI is InChI=1S/C22H29ClN6O/c1-2-29-11-8-15-6-7-17(13-16(15)9-12-29)26-22-25-14-18(23)20(28-22)27-19-5-3-4-10-24-21(19)30/h6-7,13-14,19H,2-5,8-12H2,1H3,(H,24,30)(H2,25,26,27,28). The zero-order valence-electron chi connectivity index (χ0n) is 17.4. The quantitative estimate of drug-likeness (QED) is 0.677. The summed E-state index contributed by atoms with van der Waals surface area (Å²) in [5.41, 5.74) is 3.74. The molecule has 4 rings (SSSR count). The van der Waals surface area contributed by atoms with Crippen LogP contribution in [0.2, 0.25) is 5.02 Å². The lowest BCUT2D eigenvalue weighted by molar-refractivity contribution is -0.121. The Morgan fingerprint density at radius 3 is 2.90 bits per heavy atom. The molecule has 0 aliphatic carbocycles. The van der Waals surface area contributed by atoms with Crippen molar-refractivity contribution >= 4 is 35.0 Å². The molecule has 1 aromatic carbocycles. The molecule has 2 aliphatic heterocycles. The number of hydrogen-bond acceptors (Lipinski definition) is 6. The van der Waals surface area contributed by atoms with Gasteiger partial charge in [0.1, 0.15) is 11.1 Å². The van der Waals surface area contributed by atoms with Gasteiger partial charge in [-0.25, -0.2) is 4.98 Å². The minimum Gasteiger partial charge on any atom is -0.357 e. The van der Waals surface area contributed by atoms with Crippen LogP contribution in [0.3, 0.4) is 0 Å². The lowest BCUT2D eigenvalue weighted by atomic mass is 10.0. The van der Waals surface area contributed by atoms with E-state index in [1.54, 1.807) is 6.20 Å². The Labute approximate surface area is 182 Å². The van der Waals surface area contributed by atoms with Crippen molar-refractivity contribution in [3.05, 3.63) is 40.5 Å². The maximum Gasteiger partial charge on any atom is 0.242 e. The molecule has 0 spiro atoms. The summed E-state index contributed by atoms with van der Waals surface area (Å²) in [6.45, 7) is 6.22. The van der Waals surface area contributed by atoms with Gasteiger partial charge in [0.15, 0.2) is 5.82 Å². The molecule has 1 fully saturated rings. The Bertz CT molecular complexity index is 905. The molecule has 3 N–H and O–H groups in total. The maximum absolute atomic E-state index is 12.2. The Balaban J connectivity index is 1.48. The molecule has 2 aliphatic rings. The summed E-state index contributed by atoms with van der Waals surface area (Å²) in [5.74, 6) is 0.924. The molecule has 1 amide bonds. The van der Waals surface area contributed by atoms with Crippen LogP contribution in [0.1, 0.15) is 37.3 Å². The highest BCUT2D eigenvalue weighted by Gasteiger charge is 2.22. The summed E-state index contributed by atoms with van der Waals surface area (Å²) in [7, 11) is 0. The molecular weight excluding hydrogens is 400 g/mol. The minimum atomic E-state index is -0.332. The first-order chi connectivity index (χ1) is 14.6. The van der Waals surface area contributed by atoms with Crippen LogP contribution in [0.4, 0.5) is 17.5 Å². The highest BCUT2D eigenvalue weighted by Crippen LogP contribution is 2.25. The Hall–Kier alpha value is -2.38. The number of fused-ring (bicyclic) bond motifs is 1. The van der Waals surface area contributed by atoms with Gasteiger partial charge in [0.05, 0.1) is 6.20 Å². The molecule has 30 heavy (non-hydrogen) atoms. The number of nitrogens with zero attached hydrogens (tertiary/aromatic N) is 3. The van der Waals surface area contributed by atoms with Gasteiger partial charge in [0.2, 0.25) is 11.9 Å². The van der Waals surface area contributed by atoms with E-state index in [1.165, 1.54) is 11.1 Å². The number of halogens is 1. The second-order valence-corrected chi connectivity index (χ2v) is 8.32. The van der Waals surface area contributed by atoms with Crippen LogP contribution in [0.15, 0.2) is 24.4 Å². The third-order valence-corrected chi connectivity index (χ3v) is 6.17. The van der Waals surface area contributed by atoms with E-state index in [1.807, 2.05) is 0 Å². The van der Waals surface area contributed by atoms with Gasteiger partial charge < -0.3 is 20.9 Å². The Morgan fingerprint density at radius 1 is 1.23 bits per heavy atom. The van der Waals surface area contributed by atoms with Crippen molar-refractivity contribution in [1.82, 2.24) is 20.2 Å². The molecule has 1 aromatic heterocycles. The zero-order chi connectivity index (χ0) is 20.9. The predicted molar refractivity (Wildman–Crippen MR) is 121 cm³/mol. The van der Waals surface area contributed by atoms with Crippen LogP contribution in [-0.4, -0.2) is 53.0 Å². The van der Waals surface area contributed by atoms with Crippen LogP contribution >= 0.6 is 11.6 Å². The molecule has 0 radical (unpaired) electrons. The average Bonchev–Trinajstić information content (AvgIpc) is 3.08. The number of aromatic nitrogens is 2. The van der Waals surface area contributed by atoms with Crippen LogP contribution in [0.5, 0.6) is 0 Å². The number of nitrogens with one attached hydrogen (secondary N) is 3. The van der Waals surface area contributed by atoms with Crippen LogP contribution < -0.4 is 16.0 Å². The van der Waals surface area contributed by atoms with E-state index in [-0.39, 0.29) is 11.9 Å². The lowest BCUT2D eigenvalue weighted by Crippen LogP contribution is -2.38. The second-order valence-electron chi connectivity index (χ2n) is 7.92. The van der Waals surface area contributed by atoms with E-state index in [0.29, 0.717) is 16.8 Å². The monoisotopic (exact) mass is 428 g/mol. The zero-order valence-corrected chi connectivity index (χ0v) is 18.1. The third kappa shape index (κ3) is 5.02. The van der Waals surface area contributed by atoms with Crippen LogP contribution in [0.25, 0.3) is 0 Å². The third-order valence-electron chi connectivity index (χ3n) is 5.89. The highest BCUT2D eigenvalue weighted by atomic mass is 35.5. The number of carbonyl (C=O) groups excluding carboxylic acids is 1. The van der Waals surface area contributed by atoms with E-state index in [4.69, 9.17) is 11.6 Å². The van der Waals surface area contributed by atoms with E-state index < -0.39 is 0 Å². The largest absolute Gasteiger partial charge is 0.357 e. The van der Waals surface area contributed by atoms with Gasteiger partial charge in [-0.05, 0) is 61.9 Å². The molecule has 2 aromatic rings. The van der Waals surface area contributed by atoms with Crippen LogP contribution in [-0.2, 0) is 17.6 Å². The number of amides is 1. The second kappa shape index (κ2) is 9.62. The molecular formula is C22H29ClN6O. The van der Waals surface area contributed by atoms with E-state index in [9.17, 15) is 4.79 Å². The minimum absolute atomic E-state index is 0.0106. The topological polar surface area (TPSA) is 82.2 Å². The van der Waals surface area contributed by atoms with Crippen molar-refractivity contribution in [2.75, 3.05) is 36.8 Å². The molecule has 1 saturated heterocycles. The smallest absolute Gasteiger partial charge is 0.242 e. The van der Waals surface area contributed by atoms with E-state index in [2.05, 4.69) is 55.9 Å².